The molecule has 2 N–H and O–H groups in total. The van der Waals surface area contributed by atoms with Gasteiger partial charge in [-0.2, -0.15) is 11.8 Å². The van der Waals surface area contributed by atoms with Gasteiger partial charge in [-0.15, -0.1) is 12.4 Å². The zero-order valence-corrected chi connectivity index (χ0v) is 15.8. The van der Waals surface area contributed by atoms with Gasteiger partial charge in [0.05, 0.1) is 6.61 Å². The Bertz CT molecular complexity index is 546. The molecule has 1 aliphatic heterocycles. The fraction of sp³-hybridized carbons (Fsp3) is 0.611. The summed E-state index contributed by atoms with van der Waals surface area (Å²) in [4.78, 5) is 12.1. The van der Waals surface area contributed by atoms with Gasteiger partial charge in [-0.1, -0.05) is 12.1 Å². The number of benzene rings is 1. The normalized spacial score (nSPS) is 20.1. The Morgan fingerprint density at radius 3 is 2.96 bits per heavy atom. The van der Waals surface area contributed by atoms with Gasteiger partial charge in [0, 0.05) is 42.6 Å². The minimum absolute atomic E-state index is 0. The molecule has 6 heteroatoms. The predicted octanol–water partition coefficient (Wildman–Crippen LogP) is 2.92. The van der Waals surface area contributed by atoms with E-state index in [1.807, 2.05) is 11.8 Å². The van der Waals surface area contributed by atoms with E-state index in [0.717, 1.165) is 41.9 Å². The molecule has 2 fully saturated rings. The van der Waals surface area contributed by atoms with Crippen molar-refractivity contribution in [2.24, 2.45) is 5.92 Å². The number of hydrogen-bond donors (Lipinski definition) is 2. The summed E-state index contributed by atoms with van der Waals surface area (Å²) in [5.41, 5.74) is 2.25. The van der Waals surface area contributed by atoms with Gasteiger partial charge in [-0.05, 0) is 37.3 Å². The van der Waals surface area contributed by atoms with Crippen LogP contribution in [0.15, 0.2) is 18.2 Å². The fourth-order valence-corrected chi connectivity index (χ4v) is 3.62. The molecule has 4 nitrogen and oxygen atoms in total. The Labute approximate surface area is 154 Å². The highest BCUT2D eigenvalue weighted by Gasteiger charge is 2.22. The first-order valence-electron chi connectivity index (χ1n) is 8.51. The lowest BCUT2D eigenvalue weighted by molar-refractivity contribution is -0.121. The van der Waals surface area contributed by atoms with Gasteiger partial charge in [0.25, 0.3) is 0 Å². The monoisotopic (exact) mass is 370 g/mol. The molecule has 3 rings (SSSR count). The topological polar surface area (TPSA) is 50.4 Å². The van der Waals surface area contributed by atoms with Gasteiger partial charge >= 0.3 is 0 Å². The van der Waals surface area contributed by atoms with Crippen molar-refractivity contribution in [3.63, 3.8) is 0 Å². The second kappa shape index (κ2) is 9.54. The van der Waals surface area contributed by atoms with E-state index >= 15 is 0 Å². The van der Waals surface area contributed by atoms with E-state index in [4.69, 9.17) is 4.74 Å². The molecule has 0 bridgehead atoms. The van der Waals surface area contributed by atoms with E-state index in [1.54, 1.807) is 0 Å². The highest BCUT2D eigenvalue weighted by atomic mass is 35.5. The second-order valence-corrected chi connectivity index (χ2v) is 7.72. The lowest BCUT2D eigenvalue weighted by Gasteiger charge is -2.22. The first-order valence-corrected chi connectivity index (χ1v) is 9.66. The largest absolute Gasteiger partial charge is 0.493 e. The molecule has 1 saturated heterocycles. The maximum absolute atomic E-state index is 12.1. The van der Waals surface area contributed by atoms with Crippen LogP contribution in [0.1, 0.15) is 30.4 Å². The molecule has 1 amide bonds. The molecule has 0 spiro atoms. The molecular weight excluding hydrogens is 344 g/mol. The Hall–Kier alpha value is -0.910. The van der Waals surface area contributed by atoms with Gasteiger partial charge in [0.15, 0.2) is 0 Å². The van der Waals surface area contributed by atoms with Crippen molar-refractivity contribution < 1.29 is 9.53 Å². The zero-order chi connectivity index (χ0) is 16.1. The Morgan fingerprint density at radius 1 is 1.42 bits per heavy atom. The molecule has 24 heavy (non-hydrogen) atoms. The number of hydrogen-bond acceptors (Lipinski definition) is 4. The smallest absolute Gasteiger partial charge is 0.221 e. The molecule has 134 valence electrons. The highest BCUT2D eigenvalue weighted by Crippen LogP contribution is 2.30. The standard InChI is InChI=1S/C18H26N2O2S.ClH/c1-13-2-5-15(17(8-13)22-11-14-3-4-14)10-20-18(21)9-16-12-23-7-6-19-16;/h2,5,8,14,16,19H,3-4,6-7,9-12H2,1H3,(H,20,21);1H. The molecular formula is C18H27ClN2O2S. The van der Waals surface area contributed by atoms with E-state index < -0.39 is 0 Å². The first kappa shape index (κ1) is 19.4. The number of aryl methyl sites for hydroxylation is 1. The zero-order valence-electron chi connectivity index (χ0n) is 14.2. The molecule has 1 aromatic carbocycles. The van der Waals surface area contributed by atoms with E-state index in [2.05, 4.69) is 35.8 Å². The van der Waals surface area contributed by atoms with Crippen LogP contribution in [0.3, 0.4) is 0 Å². The SMILES string of the molecule is Cc1ccc(CNC(=O)CC2CSCCN2)c(OCC2CC2)c1.Cl. The second-order valence-electron chi connectivity index (χ2n) is 6.57. The molecule has 1 unspecified atom stereocenters. The van der Waals surface area contributed by atoms with Crippen LogP contribution < -0.4 is 15.4 Å². The van der Waals surface area contributed by atoms with Crippen LogP contribution in [0.5, 0.6) is 5.75 Å². The van der Waals surface area contributed by atoms with Gasteiger partial charge in [0.2, 0.25) is 5.91 Å². The minimum atomic E-state index is 0. The quantitative estimate of drug-likeness (QED) is 0.774. The highest BCUT2D eigenvalue weighted by molar-refractivity contribution is 7.99. The van der Waals surface area contributed by atoms with Crippen molar-refractivity contribution in [1.82, 2.24) is 10.6 Å². The predicted molar refractivity (Wildman–Crippen MR) is 102 cm³/mol. The Morgan fingerprint density at radius 2 is 2.25 bits per heavy atom. The molecule has 2 aliphatic rings. The number of halogens is 1. The average Bonchev–Trinajstić information content (AvgIpc) is 3.37. The van der Waals surface area contributed by atoms with Crippen molar-refractivity contribution in [3.05, 3.63) is 29.3 Å². The first-order chi connectivity index (χ1) is 11.2. The third-order valence-electron chi connectivity index (χ3n) is 4.30. The van der Waals surface area contributed by atoms with Gasteiger partial charge < -0.3 is 15.4 Å². The molecule has 1 aromatic rings. The Kier molecular flexibility index (Phi) is 7.72. The van der Waals surface area contributed by atoms with Gasteiger partial charge in [-0.25, -0.2) is 0 Å². The van der Waals surface area contributed by atoms with Crippen molar-refractivity contribution >= 4 is 30.1 Å². The number of carbonyl (C=O) groups excluding carboxylic acids is 1. The molecule has 0 radical (unpaired) electrons. The third-order valence-corrected chi connectivity index (χ3v) is 5.43. The maximum Gasteiger partial charge on any atom is 0.221 e. The van der Waals surface area contributed by atoms with Gasteiger partial charge in [-0.3, -0.25) is 4.79 Å². The summed E-state index contributed by atoms with van der Waals surface area (Å²) in [6.45, 7) is 4.41. The van der Waals surface area contributed by atoms with Crippen LogP contribution in [-0.4, -0.2) is 36.6 Å². The van der Waals surface area contributed by atoms with Crippen molar-refractivity contribution in [3.8, 4) is 5.75 Å². The molecule has 1 saturated carbocycles. The number of amides is 1. The summed E-state index contributed by atoms with van der Waals surface area (Å²) in [5.74, 6) is 3.92. The summed E-state index contributed by atoms with van der Waals surface area (Å²) in [6.07, 6.45) is 3.12. The summed E-state index contributed by atoms with van der Waals surface area (Å²) in [5, 5.41) is 6.44. The lowest BCUT2D eigenvalue weighted by atomic mass is 10.1. The van der Waals surface area contributed by atoms with E-state index in [9.17, 15) is 4.79 Å². The minimum Gasteiger partial charge on any atom is -0.493 e. The molecule has 1 atom stereocenters. The molecule has 0 aromatic heterocycles. The van der Waals surface area contributed by atoms with Gasteiger partial charge in [0.1, 0.15) is 5.75 Å². The van der Waals surface area contributed by atoms with E-state index in [-0.39, 0.29) is 18.3 Å². The van der Waals surface area contributed by atoms with E-state index in [1.165, 1.54) is 18.4 Å². The molecule has 1 aliphatic carbocycles. The van der Waals surface area contributed by atoms with E-state index in [0.29, 0.717) is 19.0 Å². The third kappa shape index (κ3) is 6.19. The number of nitrogens with one attached hydrogen (secondary N) is 2. The number of carbonyl (C=O) groups is 1. The fourth-order valence-electron chi connectivity index (χ4n) is 2.67. The Balaban J connectivity index is 0.00000208. The van der Waals surface area contributed by atoms with Crippen LogP contribution in [0.4, 0.5) is 0 Å². The van der Waals surface area contributed by atoms with Crippen LogP contribution in [0.2, 0.25) is 0 Å². The average molecular weight is 371 g/mol. The molecule has 1 heterocycles. The number of ether oxygens (including phenoxy) is 1. The summed E-state index contributed by atoms with van der Waals surface area (Å²) < 4.78 is 5.96. The van der Waals surface area contributed by atoms with Crippen LogP contribution in [0.25, 0.3) is 0 Å². The summed E-state index contributed by atoms with van der Waals surface area (Å²) >= 11 is 1.92. The summed E-state index contributed by atoms with van der Waals surface area (Å²) in [6, 6.07) is 6.51. The lowest BCUT2D eigenvalue weighted by Crippen LogP contribution is -2.41. The van der Waals surface area contributed by atoms with Crippen LogP contribution in [-0.2, 0) is 11.3 Å². The summed E-state index contributed by atoms with van der Waals surface area (Å²) in [7, 11) is 0. The van der Waals surface area contributed by atoms with Crippen molar-refractivity contribution in [2.75, 3.05) is 24.7 Å². The number of thioether (sulfide) groups is 1. The van der Waals surface area contributed by atoms with Crippen LogP contribution >= 0.6 is 24.2 Å². The van der Waals surface area contributed by atoms with Crippen molar-refractivity contribution in [1.29, 1.82) is 0 Å². The maximum atomic E-state index is 12.1. The number of rotatable bonds is 7. The van der Waals surface area contributed by atoms with Crippen molar-refractivity contribution in [2.45, 2.75) is 38.8 Å². The van der Waals surface area contributed by atoms with Crippen LogP contribution in [0, 0.1) is 12.8 Å².